The Morgan fingerprint density at radius 1 is 0.960 bits per heavy atom. The molecular formula is C19H14N2O4. The molecule has 3 amide bonds. The molecule has 6 nitrogen and oxygen atoms in total. The first-order chi connectivity index (χ1) is 12.1. The standard InChI is InChI=1S/C19H14N2O4/c22-17(16-6-3-9-25-16)20-7-8-21-18(23)14-10-12-4-1-2-5-13(12)11-15(14)19(21)24/h1-6,9-11H,7-8H2,(H,20,22). The molecule has 124 valence electrons. The van der Waals surface area contributed by atoms with Gasteiger partial charge in [0.15, 0.2) is 5.76 Å². The van der Waals surface area contributed by atoms with Crippen LogP contribution in [0.4, 0.5) is 0 Å². The van der Waals surface area contributed by atoms with Crippen molar-refractivity contribution < 1.29 is 18.8 Å². The molecule has 0 aliphatic carbocycles. The third-order valence-corrected chi connectivity index (χ3v) is 4.20. The van der Waals surface area contributed by atoms with Gasteiger partial charge in [0.25, 0.3) is 17.7 Å². The van der Waals surface area contributed by atoms with E-state index in [0.29, 0.717) is 11.1 Å². The summed E-state index contributed by atoms with van der Waals surface area (Å²) in [5, 5.41) is 4.46. The van der Waals surface area contributed by atoms with E-state index in [1.165, 1.54) is 6.26 Å². The summed E-state index contributed by atoms with van der Waals surface area (Å²) in [6.45, 7) is 0.264. The molecule has 1 aromatic heterocycles. The molecule has 0 saturated heterocycles. The molecule has 1 N–H and O–H groups in total. The van der Waals surface area contributed by atoms with Crippen molar-refractivity contribution in [2.75, 3.05) is 13.1 Å². The van der Waals surface area contributed by atoms with Crippen LogP contribution in [0.5, 0.6) is 0 Å². The Morgan fingerprint density at radius 3 is 2.16 bits per heavy atom. The first kappa shape index (κ1) is 15.1. The number of furan rings is 1. The van der Waals surface area contributed by atoms with Crippen molar-refractivity contribution in [1.29, 1.82) is 0 Å². The zero-order valence-electron chi connectivity index (χ0n) is 13.2. The van der Waals surface area contributed by atoms with Crippen LogP contribution in [0.15, 0.2) is 59.2 Å². The zero-order valence-corrected chi connectivity index (χ0v) is 13.2. The average molecular weight is 334 g/mol. The normalized spacial score (nSPS) is 13.4. The summed E-state index contributed by atoms with van der Waals surface area (Å²) in [5.74, 6) is -0.864. The lowest BCUT2D eigenvalue weighted by molar-refractivity contribution is 0.0649. The molecule has 1 aliphatic rings. The van der Waals surface area contributed by atoms with E-state index in [2.05, 4.69) is 5.32 Å². The second-order valence-electron chi connectivity index (χ2n) is 5.74. The molecule has 25 heavy (non-hydrogen) atoms. The van der Waals surface area contributed by atoms with E-state index in [9.17, 15) is 14.4 Å². The molecule has 0 fully saturated rings. The van der Waals surface area contributed by atoms with Crippen molar-refractivity contribution >= 4 is 28.5 Å². The van der Waals surface area contributed by atoms with E-state index in [1.807, 2.05) is 24.3 Å². The molecule has 0 unspecified atom stereocenters. The van der Waals surface area contributed by atoms with Crippen LogP contribution < -0.4 is 5.32 Å². The Morgan fingerprint density at radius 2 is 1.60 bits per heavy atom. The average Bonchev–Trinajstić information content (AvgIpc) is 3.24. The first-order valence-electron chi connectivity index (χ1n) is 7.86. The summed E-state index contributed by atoms with van der Waals surface area (Å²) in [4.78, 5) is 38.0. The van der Waals surface area contributed by atoms with E-state index in [0.717, 1.165) is 15.7 Å². The van der Waals surface area contributed by atoms with Gasteiger partial charge in [0.05, 0.1) is 17.4 Å². The summed E-state index contributed by atoms with van der Waals surface area (Å²) in [6.07, 6.45) is 1.41. The van der Waals surface area contributed by atoms with Crippen LogP contribution in [0.2, 0.25) is 0 Å². The fourth-order valence-electron chi connectivity index (χ4n) is 2.96. The van der Waals surface area contributed by atoms with Gasteiger partial charge in [-0.05, 0) is 35.0 Å². The quantitative estimate of drug-likeness (QED) is 0.743. The van der Waals surface area contributed by atoms with Gasteiger partial charge in [-0.25, -0.2) is 0 Å². The lowest BCUT2D eigenvalue weighted by atomic mass is 10.0. The Kier molecular flexibility index (Phi) is 3.57. The van der Waals surface area contributed by atoms with Crippen LogP contribution in [0.25, 0.3) is 10.8 Å². The highest BCUT2D eigenvalue weighted by Crippen LogP contribution is 2.27. The van der Waals surface area contributed by atoms with Crippen molar-refractivity contribution in [1.82, 2.24) is 10.2 Å². The number of imide groups is 1. The Hall–Kier alpha value is -3.41. The summed E-state index contributed by atoms with van der Waals surface area (Å²) in [7, 11) is 0. The molecule has 0 radical (unpaired) electrons. The van der Waals surface area contributed by atoms with Gasteiger partial charge in [0.1, 0.15) is 0 Å². The van der Waals surface area contributed by atoms with E-state index in [-0.39, 0.29) is 36.6 Å². The van der Waals surface area contributed by atoms with Crippen molar-refractivity contribution in [2.45, 2.75) is 0 Å². The molecule has 0 spiro atoms. The number of nitrogens with one attached hydrogen (secondary N) is 1. The minimum absolute atomic E-state index is 0.106. The monoisotopic (exact) mass is 334 g/mol. The number of amides is 3. The molecule has 3 aromatic rings. The maximum Gasteiger partial charge on any atom is 0.287 e. The molecule has 4 rings (SSSR count). The Bertz CT molecular complexity index is 937. The van der Waals surface area contributed by atoms with Crippen LogP contribution in [0.1, 0.15) is 31.3 Å². The van der Waals surface area contributed by atoms with Crippen LogP contribution in [-0.2, 0) is 0 Å². The molecule has 2 aromatic carbocycles. The van der Waals surface area contributed by atoms with Crippen LogP contribution in [0.3, 0.4) is 0 Å². The Balaban J connectivity index is 1.50. The number of benzene rings is 2. The number of hydrogen-bond acceptors (Lipinski definition) is 4. The molecule has 2 heterocycles. The topological polar surface area (TPSA) is 79.6 Å². The predicted octanol–water partition coefficient (Wildman–Crippen LogP) is 2.46. The van der Waals surface area contributed by atoms with E-state index in [4.69, 9.17) is 4.42 Å². The number of fused-ring (bicyclic) bond motifs is 2. The lowest BCUT2D eigenvalue weighted by Crippen LogP contribution is -2.38. The van der Waals surface area contributed by atoms with Gasteiger partial charge >= 0.3 is 0 Å². The maximum absolute atomic E-state index is 12.5. The van der Waals surface area contributed by atoms with Gasteiger partial charge in [-0.3, -0.25) is 19.3 Å². The largest absolute Gasteiger partial charge is 0.459 e. The van der Waals surface area contributed by atoms with Gasteiger partial charge < -0.3 is 9.73 Å². The fraction of sp³-hybridized carbons (Fsp3) is 0.105. The summed E-state index contributed by atoms with van der Waals surface area (Å²) in [6, 6.07) is 14.2. The summed E-state index contributed by atoms with van der Waals surface area (Å²) >= 11 is 0. The van der Waals surface area contributed by atoms with Crippen LogP contribution in [-0.4, -0.2) is 35.7 Å². The second-order valence-corrected chi connectivity index (χ2v) is 5.74. The van der Waals surface area contributed by atoms with E-state index >= 15 is 0 Å². The smallest absolute Gasteiger partial charge is 0.287 e. The predicted molar refractivity (Wildman–Crippen MR) is 90.4 cm³/mol. The maximum atomic E-state index is 12.5. The minimum atomic E-state index is -0.382. The van der Waals surface area contributed by atoms with Gasteiger partial charge in [0.2, 0.25) is 0 Å². The fourth-order valence-corrected chi connectivity index (χ4v) is 2.96. The van der Waals surface area contributed by atoms with Crippen molar-refractivity contribution in [3.8, 4) is 0 Å². The number of carbonyl (C=O) groups excluding carboxylic acids is 3. The number of carbonyl (C=O) groups is 3. The Labute approximate surface area is 143 Å². The highest BCUT2D eigenvalue weighted by molar-refractivity contribution is 6.23. The summed E-state index contributed by atoms with van der Waals surface area (Å²) in [5.41, 5.74) is 0.808. The first-order valence-corrected chi connectivity index (χ1v) is 7.86. The van der Waals surface area contributed by atoms with Gasteiger partial charge in [-0.2, -0.15) is 0 Å². The highest BCUT2D eigenvalue weighted by Gasteiger charge is 2.35. The molecule has 0 bridgehead atoms. The van der Waals surface area contributed by atoms with Gasteiger partial charge in [0, 0.05) is 13.1 Å². The zero-order chi connectivity index (χ0) is 17.4. The van der Waals surface area contributed by atoms with Gasteiger partial charge in [-0.15, -0.1) is 0 Å². The highest BCUT2D eigenvalue weighted by atomic mass is 16.3. The molecule has 1 aliphatic heterocycles. The molecule has 0 atom stereocenters. The van der Waals surface area contributed by atoms with Crippen molar-refractivity contribution in [2.24, 2.45) is 0 Å². The number of hydrogen-bond donors (Lipinski definition) is 1. The molecular weight excluding hydrogens is 320 g/mol. The molecule has 0 saturated carbocycles. The van der Waals surface area contributed by atoms with E-state index in [1.54, 1.807) is 24.3 Å². The minimum Gasteiger partial charge on any atom is -0.459 e. The van der Waals surface area contributed by atoms with Crippen LogP contribution >= 0.6 is 0 Å². The second kappa shape index (κ2) is 5.90. The van der Waals surface area contributed by atoms with Crippen molar-refractivity contribution in [3.63, 3.8) is 0 Å². The van der Waals surface area contributed by atoms with Crippen LogP contribution in [0, 0.1) is 0 Å². The molecule has 6 heteroatoms. The third-order valence-electron chi connectivity index (χ3n) is 4.20. The van der Waals surface area contributed by atoms with Crippen molar-refractivity contribution in [3.05, 3.63) is 71.7 Å². The SMILES string of the molecule is O=C(NCCN1C(=O)c2cc3ccccc3cc2C1=O)c1ccco1. The van der Waals surface area contributed by atoms with E-state index < -0.39 is 0 Å². The number of nitrogens with zero attached hydrogens (tertiary/aromatic N) is 1. The lowest BCUT2D eigenvalue weighted by Gasteiger charge is -2.13. The number of rotatable bonds is 4. The summed E-state index contributed by atoms with van der Waals surface area (Å²) < 4.78 is 5.00. The van der Waals surface area contributed by atoms with Gasteiger partial charge in [-0.1, -0.05) is 24.3 Å². The third kappa shape index (κ3) is 2.57.